The van der Waals surface area contributed by atoms with Crippen molar-refractivity contribution >= 4 is 12.0 Å². The summed E-state index contributed by atoms with van der Waals surface area (Å²) >= 11 is 0. The summed E-state index contributed by atoms with van der Waals surface area (Å²) in [5.41, 5.74) is 0.857. The molecule has 3 rings (SSSR count). The molecule has 0 N–H and O–H groups in total. The minimum atomic E-state index is -0.0769. The van der Waals surface area contributed by atoms with Gasteiger partial charge in [-0.3, -0.25) is 4.79 Å². The fourth-order valence-electron chi connectivity index (χ4n) is 3.32. The van der Waals surface area contributed by atoms with Crippen LogP contribution in [0, 0.1) is 0 Å². The van der Waals surface area contributed by atoms with Gasteiger partial charge in [0.25, 0.3) is 0 Å². The normalized spacial score (nSPS) is 22.0. The SMILES string of the molecule is Cn1cncc1/C=C/C(=O)N1CCOC2(CCCCC2)C1. The molecule has 114 valence electrons. The van der Waals surface area contributed by atoms with E-state index in [0.717, 1.165) is 25.1 Å². The molecule has 0 aromatic carbocycles. The highest BCUT2D eigenvalue weighted by Crippen LogP contribution is 2.34. The molecule has 1 spiro atoms. The van der Waals surface area contributed by atoms with Crippen LogP contribution in [-0.4, -0.2) is 45.7 Å². The minimum absolute atomic E-state index is 0.0736. The van der Waals surface area contributed by atoms with Crippen LogP contribution in [0.25, 0.3) is 6.08 Å². The van der Waals surface area contributed by atoms with E-state index in [0.29, 0.717) is 13.2 Å². The molecule has 5 heteroatoms. The van der Waals surface area contributed by atoms with Gasteiger partial charge in [0.05, 0.1) is 37.0 Å². The van der Waals surface area contributed by atoms with Crippen LogP contribution in [-0.2, 0) is 16.6 Å². The minimum Gasteiger partial charge on any atom is -0.371 e. The van der Waals surface area contributed by atoms with Crippen molar-refractivity contribution in [2.24, 2.45) is 7.05 Å². The summed E-state index contributed by atoms with van der Waals surface area (Å²) in [7, 11) is 1.92. The molecule has 0 atom stereocenters. The third-order valence-corrected chi connectivity index (χ3v) is 4.58. The Hall–Kier alpha value is -1.62. The first-order chi connectivity index (χ1) is 10.2. The summed E-state index contributed by atoms with van der Waals surface area (Å²) in [6.07, 6.45) is 12.9. The van der Waals surface area contributed by atoms with E-state index in [-0.39, 0.29) is 11.5 Å². The van der Waals surface area contributed by atoms with Crippen LogP contribution >= 0.6 is 0 Å². The van der Waals surface area contributed by atoms with Crippen molar-refractivity contribution in [2.45, 2.75) is 37.7 Å². The zero-order valence-electron chi connectivity index (χ0n) is 12.6. The van der Waals surface area contributed by atoms with Crippen molar-refractivity contribution < 1.29 is 9.53 Å². The van der Waals surface area contributed by atoms with E-state index in [1.165, 1.54) is 19.3 Å². The Balaban J connectivity index is 1.64. The fraction of sp³-hybridized carbons (Fsp3) is 0.625. The molecule has 2 aliphatic rings. The number of aromatic nitrogens is 2. The number of nitrogens with zero attached hydrogens (tertiary/aromatic N) is 3. The molecule has 0 radical (unpaired) electrons. The Morgan fingerprint density at radius 1 is 1.38 bits per heavy atom. The molecule has 2 heterocycles. The average Bonchev–Trinajstić information content (AvgIpc) is 2.91. The molecule has 1 aliphatic carbocycles. The summed E-state index contributed by atoms with van der Waals surface area (Å²) in [6, 6.07) is 0. The summed E-state index contributed by atoms with van der Waals surface area (Å²) < 4.78 is 7.92. The molecule has 21 heavy (non-hydrogen) atoms. The van der Waals surface area contributed by atoms with Crippen LogP contribution in [0.3, 0.4) is 0 Å². The maximum absolute atomic E-state index is 12.4. The topological polar surface area (TPSA) is 47.4 Å². The van der Waals surface area contributed by atoms with Crippen molar-refractivity contribution in [2.75, 3.05) is 19.7 Å². The van der Waals surface area contributed by atoms with Crippen LogP contribution in [0.2, 0.25) is 0 Å². The largest absolute Gasteiger partial charge is 0.371 e. The number of carbonyl (C=O) groups excluding carboxylic acids is 1. The Kier molecular flexibility index (Phi) is 4.10. The van der Waals surface area contributed by atoms with Gasteiger partial charge in [0.15, 0.2) is 0 Å². The fourth-order valence-corrected chi connectivity index (χ4v) is 3.32. The first-order valence-corrected chi connectivity index (χ1v) is 7.76. The van der Waals surface area contributed by atoms with Gasteiger partial charge in [-0.15, -0.1) is 0 Å². The van der Waals surface area contributed by atoms with Gasteiger partial charge in [0.2, 0.25) is 5.91 Å². The molecule has 1 aromatic heterocycles. The molecule has 1 saturated heterocycles. The Morgan fingerprint density at radius 3 is 2.90 bits per heavy atom. The van der Waals surface area contributed by atoms with Gasteiger partial charge >= 0.3 is 0 Å². The summed E-state index contributed by atoms with van der Waals surface area (Å²) in [4.78, 5) is 18.4. The molecular weight excluding hydrogens is 266 g/mol. The van der Waals surface area contributed by atoms with Crippen LogP contribution in [0.1, 0.15) is 37.8 Å². The van der Waals surface area contributed by atoms with Gasteiger partial charge < -0.3 is 14.2 Å². The van der Waals surface area contributed by atoms with Crippen molar-refractivity contribution in [3.05, 3.63) is 24.3 Å². The number of ether oxygens (including phenoxy) is 1. The lowest BCUT2D eigenvalue weighted by Crippen LogP contribution is -2.54. The third kappa shape index (κ3) is 3.18. The second-order valence-electron chi connectivity index (χ2n) is 6.11. The van der Waals surface area contributed by atoms with Gasteiger partial charge in [-0.25, -0.2) is 4.98 Å². The van der Waals surface area contributed by atoms with E-state index in [2.05, 4.69) is 4.98 Å². The number of imidazole rings is 1. The number of hydrogen-bond acceptors (Lipinski definition) is 3. The molecule has 5 nitrogen and oxygen atoms in total. The van der Waals surface area contributed by atoms with Gasteiger partial charge in [-0.1, -0.05) is 19.3 Å². The number of aryl methyl sites for hydroxylation is 1. The van der Waals surface area contributed by atoms with Crippen LogP contribution in [0.15, 0.2) is 18.6 Å². The molecule has 0 bridgehead atoms. The lowest BCUT2D eigenvalue weighted by molar-refractivity contribution is -0.152. The maximum atomic E-state index is 12.4. The first kappa shape index (κ1) is 14.3. The highest BCUT2D eigenvalue weighted by Gasteiger charge is 2.38. The van der Waals surface area contributed by atoms with Crippen LogP contribution in [0.4, 0.5) is 0 Å². The van der Waals surface area contributed by atoms with E-state index in [4.69, 9.17) is 4.74 Å². The Bertz CT molecular complexity index is 524. The van der Waals surface area contributed by atoms with E-state index >= 15 is 0 Å². The Morgan fingerprint density at radius 2 is 2.19 bits per heavy atom. The molecule has 1 aromatic rings. The zero-order chi connectivity index (χ0) is 14.7. The summed E-state index contributed by atoms with van der Waals surface area (Å²) in [6.45, 7) is 2.09. The van der Waals surface area contributed by atoms with Gasteiger partial charge in [-0.2, -0.15) is 0 Å². The number of morpholine rings is 1. The van der Waals surface area contributed by atoms with E-state index < -0.39 is 0 Å². The van der Waals surface area contributed by atoms with Crippen molar-refractivity contribution in [3.8, 4) is 0 Å². The summed E-state index contributed by atoms with van der Waals surface area (Å²) in [5, 5.41) is 0. The molecule has 1 saturated carbocycles. The second kappa shape index (κ2) is 6.02. The predicted molar refractivity (Wildman–Crippen MR) is 80.6 cm³/mol. The summed E-state index contributed by atoms with van der Waals surface area (Å²) in [5.74, 6) is 0.0736. The number of hydrogen-bond donors (Lipinski definition) is 0. The van der Waals surface area contributed by atoms with Crippen molar-refractivity contribution in [1.82, 2.24) is 14.5 Å². The highest BCUT2D eigenvalue weighted by atomic mass is 16.5. The number of carbonyl (C=O) groups is 1. The van der Waals surface area contributed by atoms with E-state index in [9.17, 15) is 4.79 Å². The molecule has 2 fully saturated rings. The smallest absolute Gasteiger partial charge is 0.246 e. The van der Waals surface area contributed by atoms with Crippen LogP contribution in [0.5, 0.6) is 0 Å². The van der Waals surface area contributed by atoms with Gasteiger partial charge in [0.1, 0.15) is 0 Å². The monoisotopic (exact) mass is 289 g/mol. The number of rotatable bonds is 2. The Labute approximate surface area is 125 Å². The average molecular weight is 289 g/mol. The van der Waals surface area contributed by atoms with E-state index in [1.54, 1.807) is 18.6 Å². The molecular formula is C16H23N3O2. The van der Waals surface area contributed by atoms with Crippen molar-refractivity contribution in [1.29, 1.82) is 0 Å². The van der Waals surface area contributed by atoms with Gasteiger partial charge in [0, 0.05) is 19.7 Å². The zero-order valence-corrected chi connectivity index (χ0v) is 12.6. The molecule has 1 amide bonds. The second-order valence-corrected chi connectivity index (χ2v) is 6.11. The first-order valence-electron chi connectivity index (χ1n) is 7.76. The highest BCUT2D eigenvalue weighted by molar-refractivity contribution is 5.91. The lowest BCUT2D eigenvalue weighted by atomic mass is 9.83. The number of amides is 1. The third-order valence-electron chi connectivity index (χ3n) is 4.58. The molecule has 1 aliphatic heterocycles. The molecule has 0 unspecified atom stereocenters. The van der Waals surface area contributed by atoms with Gasteiger partial charge in [-0.05, 0) is 18.9 Å². The maximum Gasteiger partial charge on any atom is 0.246 e. The van der Waals surface area contributed by atoms with E-state index in [1.807, 2.05) is 22.6 Å². The lowest BCUT2D eigenvalue weighted by Gasteiger charge is -2.44. The quantitative estimate of drug-likeness (QED) is 0.782. The predicted octanol–water partition coefficient (Wildman–Crippen LogP) is 1.99. The van der Waals surface area contributed by atoms with Crippen LogP contribution < -0.4 is 0 Å². The van der Waals surface area contributed by atoms with Crippen molar-refractivity contribution in [3.63, 3.8) is 0 Å². The standard InChI is InChI=1S/C16H23N3O2/c1-18-13-17-11-14(18)5-6-15(20)19-9-10-21-16(12-19)7-3-2-4-8-16/h5-6,11,13H,2-4,7-10,12H2,1H3/b6-5+.